The van der Waals surface area contributed by atoms with Crippen molar-refractivity contribution < 1.29 is 28.3 Å². The minimum absolute atomic E-state index is 0.0634. The lowest BCUT2D eigenvalue weighted by Gasteiger charge is -2.09. The van der Waals surface area contributed by atoms with Crippen molar-refractivity contribution in [1.29, 1.82) is 0 Å². The van der Waals surface area contributed by atoms with Gasteiger partial charge in [-0.3, -0.25) is 14.9 Å². The zero-order chi connectivity index (χ0) is 21.6. The van der Waals surface area contributed by atoms with Crippen LogP contribution in [0.5, 0.6) is 5.75 Å². The molecular formula is C20H21BrClNO6. The van der Waals surface area contributed by atoms with Gasteiger partial charge in [-0.15, -0.1) is 0 Å². The van der Waals surface area contributed by atoms with Gasteiger partial charge in [-0.1, -0.05) is 11.6 Å². The molecule has 1 amide bonds. The molecule has 1 aromatic heterocycles. The number of ketones is 1. The van der Waals surface area contributed by atoms with E-state index in [1.807, 2.05) is 0 Å². The van der Waals surface area contributed by atoms with Gasteiger partial charge in [-0.05, 0) is 61.3 Å². The molecule has 156 valence electrons. The Morgan fingerprint density at radius 1 is 1.24 bits per heavy atom. The average molecular weight is 487 g/mol. The second-order valence-corrected chi connectivity index (χ2v) is 7.38. The summed E-state index contributed by atoms with van der Waals surface area (Å²) in [5, 5.41) is 3.13. The third-order valence-electron chi connectivity index (χ3n) is 3.87. The third kappa shape index (κ3) is 6.08. The van der Waals surface area contributed by atoms with Crippen LogP contribution in [0.15, 0.2) is 27.1 Å². The number of carbonyl (C=O) groups is 3. The molecule has 0 saturated heterocycles. The van der Waals surface area contributed by atoms with Crippen molar-refractivity contribution in [2.24, 2.45) is 0 Å². The summed E-state index contributed by atoms with van der Waals surface area (Å²) in [4.78, 5) is 36.4. The van der Waals surface area contributed by atoms with Crippen LogP contribution in [-0.2, 0) is 9.53 Å². The number of carbonyl (C=O) groups excluding carboxylic acids is 3. The molecule has 0 aliphatic heterocycles. The number of esters is 1. The third-order valence-corrected chi connectivity index (χ3v) is 4.72. The van der Waals surface area contributed by atoms with Crippen molar-refractivity contribution in [3.8, 4) is 5.75 Å². The van der Waals surface area contributed by atoms with Crippen LogP contribution in [0.25, 0.3) is 0 Å². The monoisotopic (exact) mass is 485 g/mol. The van der Waals surface area contributed by atoms with Gasteiger partial charge >= 0.3 is 5.97 Å². The quantitative estimate of drug-likeness (QED) is 0.298. The van der Waals surface area contributed by atoms with Gasteiger partial charge in [0.05, 0.1) is 23.2 Å². The minimum Gasteiger partial charge on any atom is -0.492 e. The number of aryl methyl sites for hydroxylation is 1. The van der Waals surface area contributed by atoms with Crippen LogP contribution in [0, 0.1) is 6.92 Å². The Morgan fingerprint density at radius 3 is 2.59 bits per heavy atom. The molecule has 7 nitrogen and oxygen atoms in total. The van der Waals surface area contributed by atoms with E-state index in [0.29, 0.717) is 23.8 Å². The number of nitrogens with one attached hydrogen (secondary N) is 1. The SMILES string of the molecule is CCOC(=O)c1c(NC(=O)CCCOc2ccc(Cl)cc2Br)oc(C)c1C(C)=O. The summed E-state index contributed by atoms with van der Waals surface area (Å²) in [5.74, 6) is -0.674. The van der Waals surface area contributed by atoms with Gasteiger partial charge in [0.2, 0.25) is 11.8 Å². The van der Waals surface area contributed by atoms with Gasteiger partial charge < -0.3 is 13.9 Å². The summed E-state index contributed by atoms with van der Waals surface area (Å²) in [6, 6.07) is 5.15. The summed E-state index contributed by atoms with van der Waals surface area (Å²) in [5.41, 5.74) is 0.0428. The molecule has 2 rings (SSSR count). The molecule has 2 aromatic rings. The maximum absolute atomic E-state index is 12.3. The number of hydrogen-bond acceptors (Lipinski definition) is 6. The summed E-state index contributed by atoms with van der Waals surface area (Å²) >= 11 is 9.24. The molecule has 0 unspecified atom stereocenters. The van der Waals surface area contributed by atoms with Crippen molar-refractivity contribution >= 4 is 51.1 Å². The van der Waals surface area contributed by atoms with Gasteiger partial charge in [0.25, 0.3) is 0 Å². The molecule has 0 aliphatic carbocycles. The van der Waals surface area contributed by atoms with Gasteiger partial charge in [0.1, 0.15) is 17.1 Å². The Labute approximate surface area is 181 Å². The minimum atomic E-state index is -0.722. The van der Waals surface area contributed by atoms with Gasteiger partial charge in [-0.2, -0.15) is 0 Å². The molecule has 1 N–H and O–H groups in total. The number of benzene rings is 1. The molecule has 0 radical (unpaired) electrons. The van der Waals surface area contributed by atoms with E-state index in [4.69, 9.17) is 25.5 Å². The van der Waals surface area contributed by atoms with Crippen molar-refractivity contribution in [3.63, 3.8) is 0 Å². The van der Waals surface area contributed by atoms with Crippen molar-refractivity contribution in [3.05, 3.63) is 44.6 Å². The first kappa shape index (κ1) is 23.0. The number of hydrogen-bond donors (Lipinski definition) is 1. The van der Waals surface area contributed by atoms with Crippen LogP contribution >= 0.6 is 27.5 Å². The predicted molar refractivity (Wildman–Crippen MR) is 112 cm³/mol. The van der Waals surface area contributed by atoms with E-state index in [0.717, 1.165) is 4.47 Å². The fourth-order valence-electron chi connectivity index (χ4n) is 2.65. The fourth-order valence-corrected chi connectivity index (χ4v) is 3.45. The molecule has 0 bridgehead atoms. The Kier molecular flexibility index (Phi) is 8.28. The lowest BCUT2D eigenvalue weighted by Crippen LogP contribution is -2.16. The molecule has 0 atom stereocenters. The second-order valence-electron chi connectivity index (χ2n) is 6.09. The van der Waals surface area contributed by atoms with Gasteiger partial charge in [0, 0.05) is 11.4 Å². The maximum Gasteiger partial charge on any atom is 0.344 e. The standard InChI is InChI=1S/C20H21BrClNO6/c1-4-27-20(26)18-17(11(2)24)12(3)29-19(18)23-16(25)6-5-9-28-15-8-7-13(22)10-14(15)21/h7-8,10H,4-6,9H2,1-3H3,(H,23,25). The van der Waals surface area contributed by atoms with Crippen molar-refractivity contribution in [1.82, 2.24) is 0 Å². The first-order valence-electron chi connectivity index (χ1n) is 8.93. The second kappa shape index (κ2) is 10.5. The molecule has 1 aromatic carbocycles. The van der Waals surface area contributed by atoms with E-state index >= 15 is 0 Å². The van der Waals surface area contributed by atoms with E-state index < -0.39 is 5.97 Å². The maximum atomic E-state index is 12.3. The highest BCUT2D eigenvalue weighted by molar-refractivity contribution is 9.10. The highest BCUT2D eigenvalue weighted by Gasteiger charge is 2.28. The Bertz CT molecular complexity index is 924. The van der Waals surface area contributed by atoms with Crippen molar-refractivity contribution in [2.45, 2.75) is 33.6 Å². The van der Waals surface area contributed by atoms with Crippen LogP contribution in [-0.4, -0.2) is 30.9 Å². The summed E-state index contributed by atoms with van der Waals surface area (Å²) in [7, 11) is 0. The molecule has 29 heavy (non-hydrogen) atoms. The van der Waals surface area contributed by atoms with Crippen LogP contribution in [0.4, 0.5) is 5.88 Å². The van der Waals surface area contributed by atoms with E-state index in [1.54, 1.807) is 32.0 Å². The highest BCUT2D eigenvalue weighted by atomic mass is 79.9. The predicted octanol–water partition coefficient (Wildman–Crippen LogP) is 5.18. The Hall–Kier alpha value is -2.32. The zero-order valence-electron chi connectivity index (χ0n) is 16.3. The molecule has 9 heteroatoms. The average Bonchev–Trinajstić information content (AvgIpc) is 2.96. The van der Waals surface area contributed by atoms with E-state index in [9.17, 15) is 14.4 Å². The van der Waals surface area contributed by atoms with Crippen LogP contribution in [0.2, 0.25) is 5.02 Å². The number of halogens is 2. The Balaban J connectivity index is 1.98. The number of Topliss-reactive ketones (excluding diaryl/α,β-unsaturated/α-hetero) is 1. The largest absolute Gasteiger partial charge is 0.492 e. The number of anilines is 1. The van der Waals surface area contributed by atoms with Gasteiger partial charge in [0.15, 0.2) is 5.78 Å². The number of ether oxygens (including phenoxy) is 2. The molecule has 0 spiro atoms. The highest BCUT2D eigenvalue weighted by Crippen LogP contribution is 2.29. The summed E-state index contributed by atoms with van der Waals surface area (Å²) in [6.45, 7) is 4.95. The topological polar surface area (TPSA) is 94.8 Å². The molecule has 0 aliphatic rings. The van der Waals surface area contributed by atoms with E-state index in [1.165, 1.54) is 6.92 Å². The lowest BCUT2D eigenvalue weighted by molar-refractivity contribution is -0.116. The van der Waals surface area contributed by atoms with Crippen molar-refractivity contribution in [2.75, 3.05) is 18.5 Å². The zero-order valence-corrected chi connectivity index (χ0v) is 18.6. The molecular weight excluding hydrogens is 466 g/mol. The molecule has 0 saturated carbocycles. The normalized spacial score (nSPS) is 10.5. The lowest BCUT2D eigenvalue weighted by atomic mass is 10.1. The van der Waals surface area contributed by atoms with Crippen LogP contribution in [0.1, 0.15) is 53.2 Å². The molecule has 0 fully saturated rings. The number of amides is 1. The Morgan fingerprint density at radius 2 is 1.97 bits per heavy atom. The number of furan rings is 1. The van der Waals surface area contributed by atoms with E-state index in [-0.39, 0.29) is 47.5 Å². The smallest absolute Gasteiger partial charge is 0.344 e. The summed E-state index contributed by atoms with van der Waals surface area (Å²) in [6.07, 6.45) is 0.553. The van der Waals surface area contributed by atoms with Gasteiger partial charge in [-0.25, -0.2) is 4.79 Å². The van der Waals surface area contributed by atoms with Crippen LogP contribution < -0.4 is 10.1 Å². The van der Waals surface area contributed by atoms with E-state index in [2.05, 4.69) is 21.2 Å². The van der Waals surface area contributed by atoms with Crippen LogP contribution in [0.3, 0.4) is 0 Å². The molecule has 1 heterocycles. The summed E-state index contributed by atoms with van der Waals surface area (Å²) < 4.78 is 16.8. The number of rotatable bonds is 9. The first-order chi connectivity index (χ1) is 13.7. The first-order valence-corrected chi connectivity index (χ1v) is 10.1. The fraction of sp³-hybridized carbons (Fsp3) is 0.350.